The lowest BCUT2D eigenvalue weighted by molar-refractivity contribution is -0.139. The van der Waals surface area contributed by atoms with Gasteiger partial charge in [-0.1, -0.05) is 39.0 Å². The number of nitrogens with zero attached hydrogens (tertiary/aromatic N) is 2. The summed E-state index contributed by atoms with van der Waals surface area (Å²) in [5.74, 6) is -0.607. The number of hydrogen-bond acceptors (Lipinski definition) is 4. The standard InChI is InChI=1S/C19H35N3O3/c1-2-22(15-19(24)25)17-10-12-21(13-11-17)14-18(23)20-16-8-6-4-3-5-7-9-16/h16-17H,2-15H2,1H3,(H,20,23)(H,24,25). The molecule has 144 valence electrons. The normalized spacial score (nSPS) is 21.7. The Morgan fingerprint density at radius 3 is 2.20 bits per heavy atom. The van der Waals surface area contributed by atoms with Gasteiger partial charge in [0.05, 0.1) is 13.1 Å². The van der Waals surface area contributed by atoms with E-state index in [0.29, 0.717) is 18.6 Å². The molecule has 0 atom stereocenters. The fraction of sp³-hybridized carbons (Fsp3) is 0.895. The molecule has 1 amide bonds. The molecule has 1 aliphatic heterocycles. The van der Waals surface area contributed by atoms with Crippen LogP contribution in [0.15, 0.2) is 0 Å². The molecule has 2 fully saturated rings. The maximum Gasteiger partial charge on any atom is 0.317 e. The minimum atomic E-state index is -0.761. The molecule has 6 nitrogen and oxygen atoms in total. The largest absolute Gasteiger partial charge is 0.480 e. The maximum atomic E-state index is 12.4. The lowest BCUT2D eigenvalue weighted by Gasteiger charge is -2.37. The molecule has 0 aromatic carbocycles. The summed E-state index contributed by atoms with van der Waals surface area (Å²) >= 11 is 0. The summed E-state index contributed by atoms with van der Waals surface area (Å²) in [6, 6.07) is 0.683. The third-order valence-electron chi connectivity index (χ3n) is 5.66. The molecule has 1 aliphatic carbocycles. The van der Waals surface area contributed by atoms with Crippen molar-refractivity contribution in [3.05, 3.63) is 0 Å². The van der Waals surface area contributed by atoms with E-state index in [-0.39, 0.29) is 12.5 Å². The monoisotopic (exact) mass is 353 g/mol. The van der Waals surface area contributed by atoms with Crippen LogP contribution in [0.5, 0.6) is 0 Å². The van der Waals surface area contributed by atoms with Crippen LogP contribution in [-0.2, 0) is 9.59 Å². The van der Waals surface area contributed by atoms with E-state index in [9.17, 15) is 9.59 Å². The van der Waals surface area contributed by atoms with Crippen molar-refractivity contribution in [3.63, 3.8) is 0 Å². The summed E-state index contributed by atoms with van der Waals surface area (Å²) < 4.78 is 0. The zero-order valence-corrected chi connectivity index (χ0v) is 15.7. The van der Waals surface area contributed by atoms with Crippen LogP contribution in [0.2, 0.25) is 0 Å². The first-order valence-corrected chi connectivity index (χ1v) is 10.1. The Hall–Kier alpha value is -1.14. The van der Waals surface area contributed by atoms with Gasteiger partial charge in [0.1, 0.15) is 0 Å². The summed E-state index contributed by atoms with van der Waals surface area (Å²) in [6.07, 6.45) is 10.5. The highest BCUT2D eigenvalue weighted by molar-refractivity contribution is 5.78. The van der Waals surface area contributed by atoms with Gasteiger partial charge in [-0.2, -0.15) is 0 Å². The SMILES string of the molecule is CCN(CC(=O)O)C1CCN(CC(=O)NC2CCCCCCC2)CC1. The number of aliphatic carboxylic acids is 1. The van der Waals surface area contributed by atoms with Crippen molar-refractivity contribution >= 4 is 11.9 Å². The Labute approximate surface area is 151 Å². The lowest BCUT2D eigenvalue weighted by atomic mass is 9.96. The van der Waals surface area contributed by atoms with E-state index in [0.717, 1.165) is 45.3 Å². The summed E-state index contributed by atoms with van der Waals surface area (Å²) in [5, 5.41) is 12.2. The van der Waals surface area contributed by atoms with E-state index in [1.807, 2.05) is 11.8 Å². The van der Waals surface area contributed by atoms with Crippen LogP contribution in [-0.4, -0.2) is 71.6 Å². The lowest BCUT2D eigenvalue weighted by Crippen LogP contribution is -2.49. The van der Waals surface area contributed by atoms with Crippen molar-refractivity contribution in [1.29, 1.82) is 0 Å². The second-order valence-corrected chi connectivity index (χ2v) is 7.57. The van der Waals surface area contributed by atoms with Gasteiger partial charge < -0.3 is 10.4 Å². The molecule has 1 heterocycles. The van der Waals surface area contributed by atoms with Gasteiger partial charge in [-0.3, -0.25) is 19.4 Å². The minimum Gasteiger partial charge on any atom is -0.480 e. The summed E-state index contributed by atoms with van der Waals surface area (Å²) in [4.78, 5) is 27.6. The highest BCUT2D eigenvalue weighted by Gasteiger charge is 2.26. The zero-order chi connectivity index (χ0) is 18.1. The third-order valence-corrected chi connectivity index (χ3v) is 5.66. The van der Waals surface area contributed by atoms with Crippen LogP contribution >= 0.6 is 0 Å². The summed E-state index contributed by atoms with van der Waals surface area (Å²) in [5.41, 5.74) is 0. The molecule has 0 unspecified atom stereocenters. The van der Waals surface area contributed by atoms with Crippen molar-refractivity contribution < 1.29 is 14.7 Å². The second kappa shape index (κ2) is 10.8. The first-order valence-electron chi connectivity index (χ1n) is 10.1. The Bertz CT molecular complexity index is 414. The zero-order valence-electron chi connectivity index (χ0n) is 15.7. The van der Waals surface area contributed by atoms with Crippen molar-refractivity contribution in [1.82, 2.24) is 15.1 Å². The Kier molecular flexibility index (Phi) is 8.68. The predicted molar refractivity (Wildman–Crippen MR) is 98.6 cm³/mol. The van der Waals surface area contributed by atoms with Gasteiger partial charge in [0.2, 0.25) is 5.91 Å². The molecular formula is C19H35N3O3. The number of amides is 1. The molecule has 6 heteroatoms. The van der Waals surface area contributed by atoms with Gasteiger partial charge in [-0.05, 0) is 32.2 Å². The average molecular weight is 354 g/mol. The van der Waals surface area contributed by atoms with Gasteiger partial charge in [0.25, 0.3) is 0 Å². The number of carbonyl (C=O) groups is 2. The van der Waals surface area contributed by atoms with E-state index < -0.39 is 5.97 Å². The Morgan fingerprint density at radius 2 is 1.64 bits per heavy atom. The van der Waals surface area contributed by atoms with E-state index in [4.69, 9.17) is 5.11 Å². The number of nitrogens with one attached hydrogen (secondary N) is 1. The molecule has 0 spiro atoms. The van der Waals surface area contributed by atoms with Crippen LogP contribution < -0.4 is 5.32 Å². The first kappa shape index (κ1) is 20.2. The molecule has 0 aromatic heterocycles. The van der Waals surface area contributed by atoms with Crippen LogP contribution in [0.1, 0.15) is 64.7 Å². The fourth-order valence-corrected chi connectivity index (χ4v) is 4.19. The Morgan fingerprint density at radius 1 is 1.04 bits per heavy atom. The number of rotatable bonds is 7. The molecule has 25 heavy (non-hydrogen) atoms. The summed E-state index contributed by atoms with van der Waals surface area (Å²) in [7, 11) is 0. The van der Waals surface area contributed by atoms with Gasteiger partial charge in [0, 0.05) is 25.2 Å². The molecule has 0 aromatic rings. The minimum absolute atomic E-state index is 0.114. The van der Waals surface area contributed by atoms with Gasteiger partial charge >= 0.3 is 5.97 Å². The highest BCUT2D eigenvalue weighted by Crippen LogP contribution is 2.18. The quantitative estimate of drug-likeness (QED) is 0.733. The number of piperidine rings is 1. The molecule has 2 aliphatic rings. The molecule has 1 saturated heterocycles. The van der Waals surface area contributed by atoms with Gasteiger partial charge in [-0.25, -0.2) is 0 Å². The third kappa shape index (κ3) is 7.32. The fourth-order valence-electron chi connectivity index (χ4n) is 4.19. The number of likely N-dealkylation sites (N-methyl/N-ethyl adjacent to an activating group) is 1. The Balaban J connectivity index is 1.69. The molecule has 2 rings (SSSR count). The number of hydrogen-bond donors (Lipinski definition) is 2. The number of carboxylic acid groups (broad SMARTS) is 1. The van der Waals surface area contributed by atoms with Crippen LogP contribution in [0.25, 0.3) is 0 Å². The van der Waals surface area contributed by atoms with Gasteiger partial charge in [0.15, 0.2) is 0 Å². The van der Waals surface area contributed by atoms with Gasteiger partial charge in [-0.15, -0.1) is 0 Å². The van der Waals surface area contributed by atoms with Crippen LogP contribution in [0.4, 0.5) is 0 Å². The molecular weight excluding hydrogens is 318 g/mol. The van der Waals surface area contributed by atoms with Crippen molar-refractivity contribution in [2.75, 3.05) is 32.7 Å². The molecule has 2 N–H and O–H groups in total. The number of carbonyl (C=O) groups excluding carboxylic acids is 1. The summed E-state index contributed by atoms with van der Waals surface area (Å²) in [6.45, 7) is 5.12. The van der Waals surface area contributed by atoms with E-state index in [1.54, 1.807) is 0 Å². The van der Waals surface area contributed by atoms with E-state index in [2.05, 4.69) is 10.2 Å². The van der Waals surface area contributed by atoms with E-state index in [1.165, 1.54) is 32.1 Å². The van der Waals surface area contributed by atoms with Crippen LogP contribution in [0, 0.1) is 0 Å². The molecule has 0 bridgehead atoms. The first-order chi connectivity index (χ1) is 12.1. The van der Waals surface area contributed by atoms with Crippen molar-refractivity contribution in [3.8, 4) is 0 Å². The van der Waals surface area contributed by atoms with Crippen LogP contribution in [0.3, 0.4) is 0 Å². The second-order valence-electron chi connectivity index (χ2n) is 7.57. The molecule has 0 radical (unpaired) electrons. The predicted octanol–water partition coefficient (Wildman–Crippen LogP) is 2.09. The number of likely N-dealkylation sites (tertiary alicyclic amines) is 1. The van der Waals surface area contributed by atoms with Crippen molar-refractivity contribution in [2.45, 2.75) is 76.8 Å². The maximum absolute atomic E-state index is 12.4. The average Bonchev–Trinajstić information content (AvgIpc) is 2.55. The smallest absolute Gasteiger partial charge is 0.317 e. The number of carboxylic acids is 1. The van der Waals surface area contributed by atoms with E-state index >= 15 is 0 Å². The highest BCUT2D eigenvalue weighted by atomic mass is 16.4. The van der Waals surface area contributed by atoms with Crippen molar-refractivity contribution in [2.24, 2.45) is 0 Å². The topological polar surface area (TPSA) is 72.9 Å². The molecule has 1 saturated carbocycles.